The summed E-state index contributed by atoms with van der Waals surface area (Å²) in [4.78, 5) is 18.0. The summed E-state index contributed by atoms with van der Waals surface area (Å²) in [6.07, 6.45) is -5.63. The van der Waals surface area contributed by atoms with Crippen molar-refractivity contribution in [1.82, 2.24) is 4.98 Å². The number of hydrogen-bond donors (Lipinski definition) is 2. The van der Waals surface area contributed by atoms with Crippen LogP contribution < -0.4 is 15.6 Å². The number of anilines is 2. The van der Waals surface area contributed by atoms with Gasteiger partial charge in [-0.3, -0.25) is 4.79 Å². The Morgan fingerprint density at radius 3 is 2.27 bits per heavy atom. The predicted molar refractivity (Wildman–Crippen MR) is 133 cm³/mol. The van der Waals surface area contributed by atoms with Crippen LogP contribution in [0.2, 0.25) is 0 Å². The smallest absolute Gasteiger partial charge is 0.375 e. The van der Waals surface area contributed by atoms with Crippen molar-refractivity contribution in [2.45, 2.75) is 76.9 Å². The first-order valence-electron chi connectivity index (χ1n) is 12.1. The van der Waals surface area contributed by atoms with Crippen LogP contribution >= 0.6 is 0 Å². The topological polar surface area (TPSA) is 48.1 Å². The van der Waals surface area contributed by atoms with Gasteiger partial charge in [-0.25, -0.2) is 0 Å². The number of fused-ring (bicyclic) bond motifs is 1. The van der Waals surface area contributed by atoms with Gasteiger partial charge in [-0.05, 0) is 70.4 Å². The summed E-state index contributed by atoms with van der Waals surface area (Å²) >= 11 is 0. The Labute approximate surface area is 210 Å². The van der Waals surface area contributed by atoms with E-state index in [1.54, 1.807) is 6.07 Å². The molecule has 0 saturated carbocycles. The van der Waals surface area contributed by atoms with Gasteiger partial charge in [0.2, 0.25) is 0 Å². The first-order valence-corrected chi connectivity index (χ1v) is 12.1. The zero-order valence-electron chi connectivity index (χ0n) is 20.9. The van der Waals surface area contributed by atoms with Crippen LogP contribution in [0.25, 0.3) is 10.9 Å². The normalized spacial score (nSPS) is 19.0. The molecule has 2 aromatic carbocycles. The zero-order valence-corrected chi connectivity index (χ0v) is 20.9. The summed E-state index contributed by atoms with van der Waals surface area (Å²) in [5.74, 6) is 0. The molecule has 0 bridgehead atoms. The lowest BCUT2D eigenvalue weighted by Crippen LogP contribution is -2.36. The standard InChI is InChI=1S/C27H29F6N3O/c1-5-16-10-9-15(2)36(16)17-11-12-21(19(13-17)27(31,32)33)35-25(3,4)20-14-34-22-8-6-7-18(26(28,29)30)23(22)24(20)37/h6-8,11-16,35H,5,9-10H2,1-4H3,(H,34,37). The van der Waals surface area contributed by atoms with Crippen LogP contribution in [0.5, 0.6) is 0 Å². The molecule has 4 nitrogen and oxygen atoms in total. The average molecular weight is 526 g/mol. The molecule has 2 unspecified atom stereocenters. The Kier molecular flexibility index (Phi) is 6.75. The molecule has 1 saturated heterocycles. The van der Waals surface area contributed by atoms with E-state index in [1.807, 2.05) is 18.7 Å². The summed E-state index contributed by atoms with van der Waals surface area (Å²) in [5, 5.41) is 2.23. The first kappa shape index (κ1) is 26.9. The molecular weight excluding hydrogens is 496 g/mol. The van der Waals surface area contributed by atoms with Gasteiger partial charge in [0, 0.05) is 40.7 Å². The van der Waals surface area contributed by atoms with Crippen molar-refractivity contribution in [1.29, 1.82) is 0 Å². The van der Waals surface area contributed by atoms with Gasteiger partial charge in [0.25, 0.3) is 0 Å². The minimum absolute atomic E-state index is 0.00933. The fraction of sp³-hybridized carbons (Fsp3) is 0.444. The van der Waals surface area contributed by atoms with Crippen molar-refractivity contribution in [3.8, 4) is 0 Å². The lowest BCUT2D eigenvalue weighted by molar-refractivity contribution is -0.137. The summed E-state index contributed by atoms with van der Waals surface area (Å²) in [6, 6.07) is 7.63. The number of H-pyrrole nitrogens is 1. The van der Waals surface area contributed by atoms with Crippen LogP contribution in [0.4, 0.5) is 37.7 Å². The molecule has 0 aliphatic carbocycles. The molecule has 1 fully saturated rings. The monoisotopic (exact) mass is 525 g/mol. The second kappa shape index (κ2) is 9.29. The van der Waals surface area contributed by atoms with E-state index in [4.69, 9.17) is 0 Å². The lowest BCUT2D eigenvalue weighted by atomic mass is 9.92. The minimum atomic E-state index is -4.77. The van der Waals surface area contributed by atoms with E-state index in [9.17, 15) is 31.1 Å². The molecule has 2 N–H and O–H groups in total. The molecule has 0 radical (unpaired) electrons. The maximum atomic E-state index is 14.2. The number of nitrogens with zero attached hydrogens (tertiary/aromatic N) is 1. The number of pyridine rings is 1. The van der Waals surface area contributed by atoms with Crippen molar-refractivity contribution in [3.05, 3.63) is 69.5 Å². The maximum Gasteiger partial charge on any atom is 0.418 e. The minimum Gasteiger partial charge on any atom is -0.375 e. The van der Waals surface area contributed by atoms with Crippen LogP contribution in [-0.4, -0.2) is 17.1 Å². The Morgan fingerprint density at radius 2 is 1.65 bits per heavy atom. The number of rotatable bonds is 5. The average Bonchev–Trinajstić information content (AvgIpc) is 3.18. The third-order valence-corrected chi connectivity index (χ3v) is 7.20. The fourth-order valence-electron chi connectivity index (χ4n) is 5.35. The van der Waals surface area contributed by atoms with Crippen LogP contribution in [-0.2, 0) is 17.9 Å². The number of nitrogens with one attached hydrogen (secondary N) is 2. The van der Waals surface area contributed by atoms with Crippen molar-refractivity contribution < 1.29 is 26.3 Å². The van der Waals surface area contributed by atoms with E-state index < -0.39 is 39.8 Å². The second-order valence-electron chi connectivity index (χ2n) is 10.1. The van der Waals surface area contributed by atoms with Gasteiger partial charge in [-0.2, -0.15) is 26.3 Å². The first-order chi connectivity index (χ1) is 17.1. The predicted octanol–water partition coefficient (Wildman–Crippen LogP) is 7.68. The lowest BCUT2D eigenvalue weighted by Gasteiger charge is -2.33. The maximum absolute atomic E-state index is 14.2. The summed E-state index contributed by atoms with van der Waals surface area (Å²) < 4.78 is 83.4. The molecular formula is C27H29F6N3O. The van der Waals surface area contributed by atoms with Crippen LogP contribution in [0, 0.1) is 0 Å². The Morgan fingerprint density at radius 1 is 0.973 bits per heavy atom. The number of alkyl halides is 6. The molecule has 2 heterocycles. The quantitative estimate of drug-likeness (QED) is 0.336. The van der Waals surface area contributed by atoms with Gasteiger partial charge < -0.3 is 15.2 Å². The van der Waals surface area contributed by atoms with Gasteiger partial charge in [0.1, 0.15) is 0 Å². The van der Waals surface area contributed by atoms with Crippen LogP contribution in [0.15, 0.2) is 47.4 Å². The number of aromatic amines is 1. The van der Waals surface area contributed by atoms with Crippen molar-refractivity contribution in [2.75, 3.05) is 10.2 Å². The second-order valence-corrected chi connectivity index (χ2v) is 10.1. The number of hydrogen-bond acceptors (Lipinski definition) is 3. The largest absolute Gasteiger partial charge is 0.418 e. The molecule has 0 amide bonds. The summed E-state index contributed by atoms with van der Waals surface area (Å²) in [7, 11) is 0. The van der Waals surface area contributed by atoms with Gasteiger partial charge >= 0.3 is 12.4 Å². The van der Waals surface area contributed by atoms with E-state index in [-0.39, 0.29) is 28.9 Å². The highest BCUT2D eigenvalue weighted by Crippen LogP contribution is 2.42. The van der Waals surface area contributed by atoms with E-state index in [1.165, 1.54) is 38.2 Å². The van der Waals surface area contributed by atoms with Crippen LogP contribution in [0.1, 0.15) is 63.6 Å². The van der Waals surface area contributed by atoms with Gasteiger partial charge in [0.05, 0.1) is 22.1 Å². The Bertz CT molecular complexity index is 1360. The number of aromatic nitrogens is 1. The summed E-state index contributed by atoms with van der Waals surface area (Å²) in [6.45, 7) is 6.91. The molecule has 2 atom stereocenters. The zero-order chi connectivity index (χ0) is 27.3. The molecule has 1 aliphatic heterocycles. The summed E-state index contributed by atoms with van der Waals surface area (Å²) in [5.41, 5.74) is -4.26. The molecule has 10 heteroatoms. The van der Waals surface area contributed by atoms with Crippen molar-refractivity contribution in [2.24, 2.45) is 0 Å². The molecule has 0 spiro atoms. The van der Waals surface area contributed by atoms with Crippen molar-refractivity contribution in [3.63, 3.8) is 0 Å². The number of halogens is 6. The van der Waals surface area contributed by atoms with Gasteiger partial charge in [0.15, 0.2) is 5.43 Å². The molecule has 1 aliphatic rings. The highest BCUT2D eigenvalue weighted by molar-refractivity contribution is 5.83. The number of benzene rings is 2. The van der Waals surface area contributed by atoms with E-state index in [0.29, 0.717) is 5.69 Å². The third-order valence-electron chi connectivity index (χ3n) is 7.20. The molecule has 200 valence electrons. The SMILES string of the molecule is CCC1CCC(C)N1c1ccc(NC(C)(C)c2c[nH]c3cccc(C(F)(F)F)c3c2=O)c(C(F)(F)F)c1. The van der Waals surface area contributed by atoms with E-state index >= 15 is 0 Å². The molecule has 1 aromatic heterocycles. The van der Waals surface area contributed by atoms with E-state index in [0.717, 1.165) is 31.4 Å². The fourth-order valence-corrected chi connectivity index (χ4v) is 5.35. The van der Waals surface area contributed by atoms with Gasteiger partial charge in [-0.1, -0.05) is 13.0 Å². The van der Waals surface area contributed by atoms with E-state index in [2.05, 4.69) is 10.3 Å². The van der Waals surface area contributed by atoms with Crippen molar-refractivity contribution >= 4 is 22.3 Å². The molecule has 4 rings (SSSR count). The van der Waals surface area contributed by atoms with Crippen LogP contribution in [0.3, 0.4) is 0 Å². The Hall–Kier alpha value is -3.17. The molecule has 37 heavy (non-hydrogen) atoms. The Balaban J connectivity index is 1.79. The highest BCUT2D eigenvalue weighted by atomic mass is 19.4. The molecule has 3 aromatic rings. The third kappa shape index (κ3) is 5.02. The van der Waals surface area contributed by atoms with Gasteiger partial charge in [-0.15, -0.1) is 0 Å². The highest BCUT2D eigenvalue weighted by Gasteiger charge is 2.39.